The Hall–Kier alpha value is -3.39. The minimum Gasteiger partial charge on any atom is -0.333 e. The van der Waals surface area contributed by atoms with Crippen LogP contribution in [0, 0.1) is 30.6 Å². The lowest BCUT2D eigenvalue weighted by Crippen LogP contribution is -2.59. The number of para-hydroxylation sites is 1. The lowest BCUT2D eigenvalue weighted by Gasteiger charge is -2.37. The summed E-state index contributed by atoms with van der Waals surface area (Å²) in [6, 6.07) is 12.8. The van der Waals surface area contributed by atoms with Crippen LogP contribution in [-0.4, -0.2) is 46.9 Å². The number of nitrogens with one attached hydrogen (secondary N) is 3. The molecule has 1 unspecified atom stereocenters. The Balaban J connectivity index is 1.25. The second-order valence-electron chi connectivity index (χ2n) is 12.8. The molecule has 1 saturated heterocycles. The molecule has 1 aliphatic heterocycles. The van der Waals surface area contributed by atoms with E-state index in [1.54, 1.807) is 4.90 Å². The number of fused-ring (bicyclic) bond motifs is 1. The van der Waals surface area contributed by atoms with Crippen molar-refractivity contribution in [2.75, 3.05) is 17.2 Å². The van der Waals surface area contributed by atoms with Gasteiger partial charge in [-0.25, -0.2) is 4.79 Å². The van der Waals surface area contributed by atoms with Crippen molar-refractivity contribution in [2.45, 2.75) is 76.9 Å². The normalized spacial score (nSPS) is 24.7. The van der Waals surface area contributed by atoms with E-state index in [4.69, 9.17) is 5.73 Å². The monoisotopic (exact) mass is 543 g/mol. The number of urea groups is 1. The molecule has 40 heavy (non-hydrogen) atoms. The number of hydrogen-bond acceptors (Lipinski definition) is 4. The Bertz CT molecular complexity index is 1320. The van der Waals surface area contributed by atoms with Crippen LogP contribution >= 0.6 is 0 Å². The van der Waals surface area contributed by atoms with Gasteiger partial charge in [0.15, 0.2) is 0 Å². The molecule has 8 heteroatoms. The summed E-state index contributed by atoms with van der Waals surface area (Å²) in [5.41, 5.74) is 9.79. The number of hydrogen-bond donors (Lipinski definition) is 4. The summed E-state index contributed by atoms with van der Waals surface area (Å²) in [5, 5.41) is 9.28. The average Bonchev–Trinajstić information content (AvgIpc) is 3.85. The molecule has 5 N–H and O–H groups in total. The van der Waals surface area contributed by atoms with E-state index in [1.807, 2.05) is 49.4 Å². The minimum absolute atomic E-state index is 0.0263. The fourth-order valence-corrected chi connectivity index (χ4v) is 6.80. The molecule has 2 aromatic carbocycles. The van der Waals surface area contributed by atoms with Crippen molar-refractivity contribution in [1.82, 2.24) is 10.2 Å². The van der Waals surface area contributed by atoms with Crippen LogP contribution in [0.4, 0.5) is 16.2 Å². The summed E-state index contributed by atoms with van der Waals surface area (Å²) < 4.78 is 0. The number of carbonyl (C=O) groups is 3. The predicted octanol–water partition coefficient (Wildman–Crippen LogP) is 4.22. The second-order valence-corrected chi connectivity index (χ2v) is 12.8. The van der Waals surface area contributed by atoms with Gasteiger partial charge in [-0.1, -0.05) is 38.1 Å². The number of nitrogens with two attached hydrogens (primary N) is 1. The van der Waals surface area contributed by atoms with Crippen molar-refractivity contribution in [2.24, 2.45) is 29.4 Å². The first-order chi connectivity index (χ1) is 19.2. The molecule has 4 aliphatic rings. The van der Waals surface area contributed by atoms with Crippen LogP contribution in [0.1, 0.15) is 56.2 Å². The first-order valence-electron chi connectivity index (χ1n) is 14.8. The Morgan fingerprint density at radius 3 is 2.30 bits per heavy atom. The van der Waals surface area contributed by atoms with Crippen LogP contribution in [0.5, 0.6) is 0 Å². The first-order valence-corrected chi connectivity index (χ1v) is 14.8. The van der Waals surface area contributed by atoms with Crippen molar-refractivity contribution >= 4 is 29.2 Å². The van der Waals surface area contributed by atoms with Crippen molar-refractivity contribution in [3.8, 4) is 0 Å². The average molecular weight is 544 g/mol. The number of nitrogens with zero attached hydrogens (tertiary/aromatic N) is 1. The molecule has 0 aromatic heterocycles. The number of aryl methyl sites for hydroxylation is 1. The van der Waals surface area contributed by atoms with Gasteiger partial charge in [0.25, 0.3) is 5.91 Å². The van der Waals surface area contributed by atoms with Gasteiger partial charge in [-0.15, -0.1) is 0 Å². The molecule has 3 aliphatic carbocycles. The molecule has 8 nitrogen and oxygen atoms in total. The van der Waals surface area contributed by atoms with Crippen molar-refractivity contribution in [1.29, 1.82) is 0 Å². The van der Waals surface area contributed by atoms with Crippen LogP contribution in [0.3, 0.4) is 0 Å². The highest BCUT2D eigenvalue weighted by Crippen LogP contribution is 2.50. The quantitative estimate of drug-likeness (QED) is 0.379. The van der Waals surface area contributed by atoms with E-state index in [9.17, 15) is 14.4 Å². The maximum Gasteiger partial charge on any atom is 0.318 e. The van der Waals surface area contributed by atoms with Gasteiger partial charge < -0.3 is 26.6 Å². The fourth-order valence-electron chi connectivity index (χ4n) is 6.80. The number of anilines is 2. The number of benzene rings is 2. The minimum atomic E-state index is -1.07. The summed E-state index contributed by atoms with van der Waals surface area (Å²) in [5.74, 6) is 1.36. The molecular formula is C32H41N5O3. The van der Waals surface area contributed by atoms with Crippen LogP contribution in [-0.2, 0) is 22.4 Å². The third-order valence-electron chi connectivity index (χ3n) is 9.56. The molecule has 4 amide bonds. The lowest BCUT2D eigenvalue weighted by molar-refractivity contribution is -0.125. The molecule has 0 bridgehead atoms. The highest BCUT2D eigenvalue weighted by molar-refractivity contribution is 6.02. The van der Waals surface area contributed by atoms with Gasteiger partial charge in [-0.05, 0) is 91.2 Å². The van der Waals surface area contributed by atoms with Gasteiger partial charge in [0.05, 0.1) is 12.1 Å². The largest absolute Gasteiger partial charge is 0.333 e. The van der Waals surface area contributed by atoms with E-state index < -0.39 is 11.6 Å². The Morgan fingerprint density at radius 1 is 1.00 bits per heavy atom. The van der Waals surface area contributed by atoms with E-state index in [2.05, 4.69) is 29.8 Å². The van der Waals surface area contributed by atoms with Gasteiger partial charge in [0, 0.05) is 30.8 Å². The molecule has 0 radical (unpaired) electrons. The predicted molar refractivity (Wildman–Crippen MR) is 156 cm³/mol. The topological polar surface area (TPSA) is 117 Å². The highest BCUT2D eigenvalue weighted by Gasteiger charge is 2.53. The van der Waals surface area contributed by atoms with Gasteiger partial charge in [0.1, 0.15) is 5.54 Å². The van der Waals surface area contributed by atoms with E-state index in [1.165, 1.54) is 25.7 Å². The molecule has 0 spiro atoms. The third-order valence-corrected chi connectivity index (χ3v) is 9.56. The van der Waals surface area contributed by atoms with Crippen LogP contribution < -0.4 is 21.7 Å². The maximum absolute atomic E-state index is 14.1. The maximum atomic E-state index is 14.1. The molecular weight excluding hydrogens is 502 g/mol. The van der Waals surface area contributed by atoms with E-state index >= 15 is 0 Å². The molecule has 3 fully saturated rings. The molecule has 6 rings (SSSR count). The standard InChI is InChI=1S/C32H41N5O3/c1-18(2)26-17-37(31(40)36-26)32(30(39)35-25-7-5-4-6-19(25)3)15-22-12-13-24(14-23(22)16-32)34-29(38)28(33)27(20-8-9-20)21-10-11-21/h4-7,12-14,18,20-21,26-28H,8-11,15-17,33H2,1-3H3,(H,34,38)(H,35,39)(H,36,40)/t26-,28-,32?/m0/s1. The summed E-state index contributed by atoms with van der Waals surface area (Å²) in [6.45, 7) is 6.58. The van der Waals surface area contributed by atoms with Gasteiger partial charge in [-0.3, -0.25) is 9.59 Å². The van der Waals surface area contributed by atoms with Crippen LogP contribution in [0.2, 0.25) is 0 Å². The summed E-state index contributed by atoms with van der Waals surface area (Å²) in [7, 11) is 0. The Labute approximate surface area is 236 Å². The molecule has 2 saturated carbocycles. The number of rotatable bonds is 9. The fraction of sp³-hybridized carbons (Fsp3) is 0.531. The van der Waals surface area contributed by atoms with Crippen LogP contribution in [0.25, 0.3) is 0 Å². The van der Waals surface area contributed by atoms with Crippen LogP contribution in [0.15, 0.2) is 42.5 Å². The molecule has 2 aromatic rings. The first kappa shape index (κ1) is 26.8. The van der Waals surface area contributed by atoms with E-state index in [0.717, 1.165) is 22.4 Å². The van der Waals surface area contributed by atoms with Gasteiger partial charge in [-0.2, -0.15) is 0 Å². The Kier molecular flexibility index (Phi) is 6.85. The molecule has 1 heterocycles. The summed E-state index contributed by atoms with van der Waals surface area (Å²) in [6.07, 6.45) is 5.49. The smallest absolute Gasteiger partial charge is 0.318 e. The summed E-state index contributed by atoms with van der Waals surface area (Å²) in [4.78, 5) is 42.3. The number of amides is 4. The zero-order valence-corrected chi connectivity index (χ0v) is 23.7. The van der Waals surface area contributed by atoms with E-state index in [0.29, 0.717) is 36.9 Å². The third kappa shape index (κ3) is 4.98. The Morgan fingerprint density at radius 2 is 1.68 bits per heavy atom. The zero-order chi connectivity index (χ0) is 28.2. The SMILES string of the molecule is Cc1ccccc1NC(=O)C1(N2C[C@@H](C(C)C)NC2=O)Cc2ccc(NC(=O)[C@@H](N)C(C3CC3)C3CC3)cc2C1. The second kappa shape index (κ2) is 10.2. The van der Waals surface area contributed by atoms with E-state index in [-0.39, 0.29) is 35.7 Å². The lowest BCUT2D eigenvalue weighted by atomic mass is 9.89. The van der Waals surface area contributed by atoms with Crippen molar-refractivity contribution in [3.05, 3.63) is 59.2 Å². The van der Waals surface area contributed by atoms with Gasteiger partial charge in [0.2, 0.25) is 5.91 Å². The summed E-state index contributed by atoms with van der Waals surface area (Å²) >= 11 is 0. The highest BCUT2D eigenvalue weighted by atomic mass is 16.2. The zero-order valence-electron chi connectivity index (χ0n) is 23.7. The van der Waals surface area contributed by atoms with Gasteiger partial charge >= 0.3 is 6.03 Å². The number of carbonyl (C=O) groups excluding carboxylic acids is 3. The van der Waals surface area contributed by atoms with Crippen molar-refractivity contribution < 1.29 is 14.4 Å². The molecule has 212 valence electrons. The van der Waals surface area contributed by atoms with Crippen molar-refractivity contribution in [3.63, 3.8) is 0 Å². The molecule has 3 atom stereocenters.